The van der Waals surface area contributed by atoms with E-state index in [1.165, 1.54) is 0 Å². The Morgan fingerprint density at radius 3 is 2.95 bits per heavy atom. The molecule has 1 fully saturated rings. The highest BCUT2D eigenvalue weighted by Crippen LogP contribution is 2.19. The Bertz CT molecular complexity index is 535. The number of hydrogen-bond donors (Lipinski definition) is 2. The molecule has 0 aromatic carbocycles. The first kappa shape index (κ1) is 15.4. The molecule has 1 saturated heterocycles. The van der Waals surface area contributed by atoms with Crippen LogP contribution in [0.3, 0.4) is 0 Å². The predicted octanol–water partition coefficient (Wildman–Crippen LogP) is 0.171. The van der Waals surface area contributed by atoms with Gasteiger partial charge in [-0.1, -0.05) is 5.16 Å². The molecular formula is C12H21N3O4S. The summed E-state index contributed by atoms with van der Waals surface area (Å²) in [6.07, 6.45) is 1.91. The van der Waals surface area contributed by atoms with Gasteiger partial charge in [-0.15, -0.1) is 0 Å². The molecule has 0 aliphatic carbocycles. The van der Waals surface area contributed by atoms with Gasteiger partial charge in [0.15, 0.2) is 5.76 Å². The third kappa shape index (κ3) is 4.02. The van der Waals surface area contributed by atoms with Gasteiger partial charge in [0.1, 0.15) is 5.75 Å². The van der Waals surface area contributed by atoms with Crippen molar-refractivity contribution in [2.45, 2.75) is 31.1 Å². The molecule has 2 heterocycles. The normalized spacial score (nSPS) is 23.3. The van der Waals surface area contributed by atoms with E-state index in [4.69, 9.17) is 9.26 Å². The molecule has 0 spiro atoms. The second-order valence-electron chi connectivity index (χ2n) is 5.26. The maximum Gasteiger partial charge on any atom is 0.219 e. The van der Waals surface area contributed by atoms with E-state index in [0.717, 1.165) is 19.4 Å². The Kier molecular flexibility index (Phi) is 4.79. The molecule has 1 aromatic heterocycles. The van der Waals surface area contributed by atoms with Crippen molar-refractivity contribution in [3.8, 4) is 0 Å². The molecule has 2 rings (SSSR count). The van der Waals surface area contributed by atoms with Gasteiger partial charge in [-0.2, -0.15) is 0 Å². The van der Waals surface area contributed by atoms with Crippen LogP contribution in [-0.4, -0.2) is 45.9 Å². The van der Waals surface area contributed by atoms with Crippen LogP contribution < -0.4 is 10.0 Å². The number of aryl methyl sites for hydroxylation is 1. The number of sulfonamides is 1. The first-order valence-corrected chi connectivity index (χ1v) is 8.23. The van der Waals surface area contributed by atoms with Crippen molar-refractivity contribution in [3.05, 3.63) is 17.5 Å². The van der Waals surface area contributed by atoms with Gasteiger partial charge < -0.3 is 14.6 Å². The second kappa shape index (κ2) is 6.21. The smallest absolute Gasteiger partial charge is 0.219 e. The molecule has 0 bridgehead atoms. The van der Waals surface area contributed by atoms with Crippen LogP contribution in [0.1, 0.15) is 24.3 Å². The van der Waals surface area contributed by atoms with Gasteiger partial charge in [0, 0.05) is 19.7 Å². The van der Waals surface area contributed by atoms with E-state index in [1.807, 2.05) is 0 Å². The van der Waals surface area contributed by atoms with Crippen molar-refractivity contribution in [1.82, 2.24) is 15.2 Å². The molecule has 20 heavy (non-hydrogen) atoms. The fourth-order valence-corrected chi connectivity index (χ4v) is 3.55. The number of nitrogens with one attached hydrogen (secondary N) is 2. The van der Waals surface area contributed by atoms with E-state index in [2.05, 4.69) is 15.2 Å². The summed E-state index contributed by atoms with van der Waals surface area (Å²) in [7, 11) is -1.83. The topological polar surface area (TPSA) is 93.5 Å². The molecule has 8 heteroatoms. The third-order valence-corrected chi connectivity index (χ3v) is 4.64. The summed E-state index contributed by atoms with van der Waals surface area (Å²) >= 11 is 0. The van der Waals surface area contributed by atoms with Crippen LogP contribution in [0.4, 0.5) is 0 Å². The van der Waals surface area contributed by atoms with E-state index in [-0.39, 0.29) is 11.3 Å². The Morgan fingerprint density at radius 1 is 1.60 bits per heavy atom. The second-order valence-corrected chi connectivity index (χ2v) is 7.07. The highest BCUT2D eigenvalue weighted by molar-refractivity contribution is 7.88. The molecule has 2 N–H and O–H groups in total. The van der Waals surface area contributed by atoms with Crippen LogP contribution in [0, 0.1) is 6.92 Å². The fraction of sp³-hybridized carbons (Fsp3) is 0.750. The summed E-state index contributed by atoms with van der Waals surface area (Å²) in [5, 5.41) is 7.01. The zero-order valence-electron chi connectivity index (χ0n) is 11.8. The minimum atomic E-state index is -3.44. The number of rotatable bonds is 7. The number of methoxy groups -OCH3 is 1. The predicted molar refractivity (Wildman–Crippen MR) is 73.7 cm³/mol. The van der Waals surface area contributed by atoms with Crippen LogP contribution in [0.5, 0.6) is 0 Å². The molecule has 1 aromatic rings. The zero-order valence-corrected chi connectivity index (χ0v) is 12.6. The van der Waals surface area contributed by atoms with Crippen molar-refractivity contribution < 1.29 is 17.7 Å². The SMILES string of the molecule is COCC1(CNS(=O)(=O)Cc2cc(C)no2)CCCN1. The third-order valence-electron chi connectivity index (χ3n) is 3.39. The Hall–Kier alpha value is -0.960. The monoisotopic (exact) mass is 303 g/mol. The standard InChI is InChI=1S/C12H21N3O4S/c1-10-6-11(19-15-10)7-20(16,17)14-8-12(9-18-2)4-3-5-13-12/h6,13-14H,3-5,7-9H2,1-2H3. The summed E-state index contributed by atoms with van der Waals surface area (Å²) in [5.74, 6) is 0.145. The largest absolute Gasteiger partial charge is 0.383 e. The number of nitrogens with zero attached hydrogens (tertiary/aromatic N) is 1. The average Bonchev–Trinajstić information content (AvgIpc) is 2.98. The van der Waals surface area contributed by atoms with Gasteiger partial charge in [0.2, 0.25) is 10.0 Å². The van der Waals surface area contributed by atoms with Crippen LogP contribution in [0.15, 0.2) is 10.6 Å². The minimum Gasteiger partial charge on any atom is -0.383 e. The molecule has 1 unspecified atom stereocenters. The lowest BCUT2D eigenvalue weighted by atomic mass is 9.99. The van der Waals surface area contributed by atoms with Gasteiger partial charge >= 0.3 is 0 Å². The molecule has 0 radical (unpaired) electrons. The van der Waals surface area contributed by atoms with Crippen LogP contribution in [-0.2, 0) is 20.5 Å². The van der Waals surface area contributed by atoms with Gasteiger partial charge in [-0.05, 0) is 26.3 Å². The van der Waals surface area contributed by atoms with E-state index < -0.39 is 10.0 Å². The maximum atomic E-state index is 12.0. The molecule has 1 atom stereocenters. The van der Waals surface area contributed by atoms with Gasteiger partial charge in [0.05, 0.1) is 17.8 Å². The number of ether oxygens (including phenoxy) is 1. The van der Waals surface area contributed by atoms with Crippen LogP contribution in [0.25, 0.3) is 0 Å². The first-order valence-electron chi connectivity index (χ1n) is 6.58. The Labute approximate surface area is 119 Å². The highest BCUT2D eigenvalue weighted by Gasteiger charge is 2.34. The summed E-state index contributed by atoms with van der Waals surface area (Å²) in [4.78, 5) is 0. The number of hydrogen-bond acceptors (Lipinski definition) is 6. The van der Waals surface area contributed by atoms with Crippen molar-refractivity contribution in [2.75, 3.05) is 26.8 Å². The average molecular weight is 303 g/mol. The summed E-state index contributed by atoms with van der Waals surface area (Å²) < 4.78 is 36.8. The van der Waals surface area contributed by atoms with Gasteiger partial charge in [-0.3, -0.25) is 0 Å². The molecule has 114 valence electrons. The zero-order chi connectivity index (χ0) is 14.6. The molecule has 1 aliphatic rings. The highest BCUT2D eigenvalue weighted by atomic mass is 32.2. The number of aromatic nitrogens is 1. The molecule has 7 nitrogen and oxygen atoms in total. The summed E-state index contributed by atoms with van der Waals surface area (Å²) in [5.41, 5.74) is 0.364. The Morgan fingerprint density at radius 2 is 2.40 bits per heavy atom. The van der Waals surface area contributed by atoms with Crippen LogP contribution in [0.2, 0.25) is 0 Å². The lowest BCUT2D eigenvalue weighted by molar-refractivity contribution is 0.122. The minimum absolute atomic E-state index is 0.198. The lowest BCUT2D eigenvalue weighted by Gasteiger charge is -2.28. The van der Waals surface area contributed by atoms with Gasteiger partial charge in [0.25, 0.3) is 0 Å². The van der Waals surface area contributed by atoms with E-state index in [9.17, 15) is 8.42 Å². The molecule has 1 aliphatic heterocycles. The van der Waals surface area contributed by atoms with Crippen LogP contribution >= 0.6 is 0 Å². The van der Waals surface area contributed by atoms with E-state index >= 15 is 0 Å². The lowest BCUT2D eigenvalue weighted by Crippen LogP contribution is -2.53. The Balaban J connectivity index is 1.94. The van der Waals surface area contributed by atoms with E-state index in [1.54, 1.807) is 20.1 Å². The van der Waals surface area contributed by atoms with Crippen molar-refractivity contribution in [2.24, 2.45) is 0 Å². The summed E-state index contributed by atoms with van der Waals surface area (Å²) in [6.45, 7) is 3.43. The quantitative estimate of drug-likeness (QED) is 0.746. The van der Waals surface area contributed by atoms with Gasteiger partial charge in [-0.25, -0.2) is 13.1 Å². The molecule has 0 saturated carbocycles. The van der Waals surface area contributed by atoms with Crippen molar-refractivity contribution in [3.63, 3.8) is 0 Å². The molecule has 0 amide bonds. The molecular weight excluding hydrogens is 282 g/mol. The van der Waals surface area contributed by atoms with Crippen molar-refractivity contribution >= 4 is 10.0 Å². The summed E-state index contributed by atoms with van der Waals surface area (Å²) in [6, 6.07) is 1.62. The first-order chi connectivity index (χ1) is 9.45. The van der Waals surface area contributed by atoms with Crippen molar-refractivity contribution in [1.29, 1.82) is 0 Å². The van der Waals surface area contributed by atoms with E-state index in [0.29, 0.717) is 24.6 Å². The maximum absolute atomic E-state index is 12.0. The fourth-order valence-electron chi connectivity index (χ4n) is 2.44.